The van der Waals surface area contributed by atoms with Gasteiger partial charge in [0.05, 0.1) is 0 Å². The SMILES string of the molecule is C[Si-]12(OC(C(F)(F)F)(C(F)(F)F)c3ccccc31)OC(C(F)(F)F)(C(F)(F)F)c1ccccc12. The van der Waals surface area contributed by atoms with Gasteiger partial charge in [-0.3, -0.25) is 0 Å². The van der Waals surface area contributed by atoms with Gasteiger partial charge in [0.1, 0.15) is 0 Å². The first-order chi connectivity index (χ1) is 15.2. The topological polar surface area (TPSA) is 18.5 Å². The van der Waals surface area contributed by atoms with Crippen molar-refractivity contribution in [1.29, 1.82) is 0 Å². The summed E-state index contributed by atoms with van der Waals surface area (Å²) in [7, 11) is -6.78. The number of halogens is 12. The van der Waals surface area contributed by atoms with E-state index in [2.05, 4.69) is 8.85 Å². The summed E-state index contributed by atoms with van der Waals surface area (Å²) in [5.74, 6) is 0. The van der Waals surface area contributed by atoms with Gasteiger partial charge in [-0.2, -0.15) is 0 Å². The van der Waals surface area contributed by atoms with Crippen molar-refractivity contribution in [2.75, 3.05) is 0 Å². The third-order valence-corrected chi connectivity index (χ3v) is 11.2. The van der Waals surface area contributed by atoms with Crippen molar-refractivity contribution in [2.45, 2.75) is 42.5 Å². The van der Waals surface area contributed by atoms with E-state index < -0.39 is 65.2 Å². The van der Waals surface area contributed by atoms with Crippen molar-refractivity contribution in [3.8, 4) is 0 Å². The van der Waals surface area contributed by atoms with E-state index >= 15 is 0 Å². The first-order valence-corrected chi connectivity index (χ1v) is 12.1. The van der Waals surface area contributed by atoms with Gasteiger partial charge in [-0.1, -0.05) is 0 Å². The van der Waals surface area contributed by atoms with Crippen molar-refractivity contribution < 1.29 is 61.5 Å². The molecule has 0 unspecified atom stereocenters. The molecule has 4 rings (SSSR count). The number of fused-ring (bicyclic) bond motifs is 4. The normalized spacial score (nSPS) is 23.7. The zero-order chi connectivity index (χ0) is 25.8. The molecule has 188 valence electrons. The minimum absolute atomic E-state index is 0.306. The van der Waals surface area contributed by atoms with Gasteiger partial charge in [-0.15, -0.1) is 0 Å². The summed E-state index contributed by atoms with van der Waals surface area (Å²) in [6, 6.07) is 4.97. The van der Waals surface area contributed by atoms with Crippen molar-refractivity contribution in [3.05, 3.63) is 59.7 Å². The van der Waals surface area contributed by atoms with E-state index in [0.29, 0.717) is 30.8 Å². The molecule has 0 radical (unpaired) electrons. The molecule has 34 heavy (non-hydrogen) atoms. The Kier molecular flexibility index (Phi) is 4.60. The zero-order valence-corrected chi connectivity index (χ0v) is 17.5. The van der Waals surface area contributed by atoms with Gasteiger partial charge < -0.3 is 0 Å². The number of alkyl halides is 12. The summed E-state index contributed by atoms with van der Waals surface area (Å²) in [5, 5.41) is -2.31. The predicted octanol–water partition coefficient (Wildman–Crippen LogP) is 5.53. The van der Waals surface area contributed by atoms with Gasteiger partial charge in [0.15, 0.2) is 0 Å². The summed E-state index contributed by atoms with van der Waals surface area (Å²) in [6.07, 6.45) is -25.3. The molecule has 2 heterocycles. The molecule has 2 nitrogen and oxygen atoms in total. The number of hydrogen-bond donors (Lipinski definition) is 0. The number of hydrogen-bond acceptors (Lipinski definition) is 2. The Bertz CT molecular complexity index is 1040. The molecule has 0 atom stereocenters. The standard InChI is InChI=1S/C19H11F12O2Si/c1-34(12-8-4-2-6-10(12)14(32-34,16(20,21)22)17(23,24)25)13-9-5-3-7-11(13)15(33-34,18(26,27)28)19(29,30)31/h2-9H,1H3/q-1. The fraction of sp³-hybridized carbons (Fsp3) is 0.368. The molecule has 2 aromatic carbocycles. The van der Waals surface area contributed by atoms with Crippen LogP contribution in [0.3, 0.4) is 0 Å². The van der Waals surface area contributed by atoms with Gasteiger partial charge >= 0.3 is 182 Å². The molecule has 0 saturated heterocycles. The molecular formula is C19H11F12O2Si-. The van der Waals surface area contributed by atoms with Crippen molar-refractivity contribution in [2.24, 2.45) is 0 Å². The van der Waals surface area contributed by atoms with E-state index in [4.69, 9.17) is 0 Å². The molecule has 2 aliphatic heterocycles. The molecule has 1 spiro atoms. The number of rotatable bonds is 0. The van der Waals surface area contributed by atoms with E-state index in [-0.39, 0.29) is 0 Å². The van der Waals surface area contributed by atoms with E-state index in [0.717, 1.165) is 24.3 Å². The predicted molar refractivity (Wildman–Crippen MR) is 93.5 cm³/mol. The minimum atomic E-state index is -6.78. The maximum absolute atomic E-state index is 14.1. The van der Waals surface area contributed by atoms with Crippen molar-refractivity contribution in [1.82, 2.24) is 0 Å². The Balaban J connectivity index is 2.22. The quantitative estimate of drug-likeness (QED) is 0.332. The van der Waals surface area contributed by atoms with Gasteiger partial charge in [0, 0.05) is 0 Å². The van der Waals surface area contributed by atoms with Crippen LogP contribution in [-0.2, 0) is 20.1 Å². The van der Waals surface area contributed by atoms with Gasteiger partial charge in [0.25, 0.3) is 0 Å². The van der Waals surface area contributed by atoms with Crippen LogP contribution in [0.2, 0.25) is 6.55 Å². The van der Waals surface area contributed by atoms with E-state index in [1.54, 1.807) is 0 Å². The second-order valence-electron chi connectivity index (χ2n) is 8.17. The molecule has 0 aliphatic carbocycles. The Labute approximate surface area is 182 Å². The van der Waals surface area contributed by atoms with E-state index in [1.165, 1.54) is 0 Å². The first kappa shape index (κ1) is 24.8. The van der Waals surface area contributed by atoms with Crippen LogP contribution >= 0.6 is 0 Å². The van der Waals surface area contributed by atoms with Crippen LogP contribution in [0.1, 0.15) is 11.1 Å². The van der Waals surface area contributed by atoms with Crippen molar-refractivity contribution in [3.63, 3.8) is 0 Å². The maximum atomic E-state index is 14.1. The Morgan fingerprint density at radius 1 is 0.529 bits per heavy atom. The van der Waals surface area contributed by atoms with Crippen LogP contribution in [-0.4, -0.2) is 32.5 Å². The fourth-order valence-corrected chi connectivity index (χ4v) is 10.6. The molecule has 0 saturated carbocycles. The van der Waals surface area contributed by atoms with Crippen molar-refractivity contribution >= 4 is 18.2 Å². The third kappa shape index (κ3) is 2.57. The molecule has 0 bridgehead atoms. The Hall–Kier alpha value is -2.26. The monoisotopic (exact) mass is 527 g/mol. The molecule has 0 aromatic heterocycles. The molecule has 0 N–H and O–H groups in total. The van der Waals surface area contributed by atoms with E-state index in [1.807, 2.05) is 0 Å². The second kappa shape index (κ2) is 6.29. The third-order valence-electron chi connectivity index (χ3n) is 6.26. The summed E-state index contributed by atoms with van der Waals surface area (Å²) in [5.41, 5.74) is -13.8. The molecule has 0 fully saturated rings. The first-order valence-electron chi connectivity index (χ1n) is 9.24. The molecule has 0 amide bonds. The van der Waals surface area contributed by atoms with Gasteiger partial charge in [-0.05, 0) is 0 Å². The number of benzene rings is 2. The average Bonchev–Trinajstić information content (AvgIpc) is 3.08. The Morgan fingerprint density at radius 2 is 0.794 bits per heavy atom. The summed E-state index contributed by atoms with van der Waals surface area (Å²) in [4.78, 5) is 0. The zero-order valence-electron chi connectivity index (χ0n) is 16.5. The summed E-state index contributed by atoms with van der Waals surface area (Å²) in [6.45, 7) is 0.357. The van der Waals surface area contributed by atoms with Crippen LogP contribution in [0, 0.1) is 0 Å². The molecule has 2 aromatic rings. The van der Waals surface area contributed by atoms with Gasteiger partial charge in [0.2, 0.25) is 0 Å². The summed E-state index contributed by atoms with van der Waals surface area (Å²) >= 11 is 0. The van der Waals surface area contributed by atoms with Crippen LogP contribution in [0.25, 0.3) is 0 Å². The van der Waals surface area contributed by atoms with Crippen LogP contribution in [0.5, 0.6) is 0 Å². The van der Waals surface area contributed by atoms with E-state index in [9.17, 15) is 52.7 Å². The molecule has 15 heteroatoms. The van der Waals surface area contributed by atoms with Crippen LogP contribution < -0.4 is 10.4 Å². The molecule has 2 aliphatic rings. The second-order valence-corrected chi connectivity index (χ2v) is 12.7. The molecular weight excluding hydrogens is 516 g/mol. The fourth-order valence-electron chi connectivity index (χ4n) is 4.99. The van der Waals surface area contributed by atoms with Crippen LogP contribution in [0.4, 0.5) is 52.7 Å². The average molecular weight is 527 g/mol. The van der Waals surface area contributed by atoms with Gasteiger partial charge in [-0.25, -0.2) is 0 Å². The van der Waals surface area contributed by atoms with Crippen LogP contribution in [0.15, 0.2) is 48.5 Å². The summed E-state index contributed by atoms with van der Waals surface area (Å²) < 4.78 is 179. The Morgan fingerprint density at radius 3 is 1.06 bits per heavy atom.